The summed E-state index contributed by atoms with van der Waals surface area (Å²) in [7, 11) is 0. The number of hydrogen-bond donors (Lipinski definition) is 3. The second-order valence-corrected chi connectivity index (χ2v) is 6.94. The molecule has 3 N–H and O–H groups in total. The van der Waals surface area contributed by atoms with Crippen LogP contribution in [0.15, 0.2) is 24.3 Å². The van der Waals surface area contributed by atoms with Crippen LogP contribution in [-0.2, 0) is 19.9 Å². The van der Waals surface area contributed by atoms with Gasteiger partial charge >= 0.3 is 12.0 Å². The lowest BCUT2D eigenvalue weighted by molar-refractivity contribution is -0.143. The van der Waals surface area contributed by atoms with E-state index in [1.54, 1.807) is 32.9 Å². The molecule has 4 amide bonds. The Kier molecular flexibility index (Phi) is 5.34. The van der Waals surface area contributed by atoms with E-state index < -0.39 is 41.9 Å². The second kappa shape index (κ2) is 7.15. The van der Waals surface area contributed by atoms with Gasteiger partial charge in [-0.25, -0.2) is 9.59 Å². The summed E-state index contributed by atoms with van der Waals surface area (Å²) in [6.45, 7) is 6.25. The number of imide groups is 1. The molecule has 1 saturated heterocycles. The quantitative estimate of drug-likeness (QED) is 0.654. The van der Waals surface area contributed by atoms with Gasteiger partial charge in [-0.3, -0.25) is 14.5 Å². The zero-order valence-corrected chi connectivity index (χ0v) is 15.2. The minimum Gasteiger partial charge on any atom is -0.480 e. The van der Waals surface area contributed by atoms with Gasteiger partial charge in [0.15, 0.2) is 0 Å². The highest BCUT2D eigenvalue weighted by Gasteiger charge is 2.49. The number of rotatable bonds is 6. The lowest BCUT2D eigenvalue weighted by Crippen LogP contribution is -2.49. The number of carbonyl (C=O) groups excluding carboxylic acids is 3. The molecule has 140 valence electrons. The lowest BCUT2D eigenvalue weighted by Gasteiger charge is -2.23. The van der Waals surface area contributed by atoms with Gasteiger partial charge in [-0.15, -0.1) is 0 Å². The standard InChI is InChI=1S/C18H23N3O5/c1-10(2)14(15(23)24)19-13(22)9-21-16(25)18(4,20-17(21)26)12-7-5-11(3)6-8-12/h5-8,10,14H,9H2,1-4H3,(H,19,22)(H,20,26)(H,23,24)/t14-,18?/m1/s1. The van der Waals surface area contributed by atoms with Gasteiger partial charge in [0, 0.05) is 0 Å². The molecule has 2 rings (SSSR count). The Hall–Kier alpha value is -2.90. The fraction of sp³-hybridized carbons (Fsp3) is 0.444. The third-order valence-electron chi connectivity index (χ3n) is 4.45. The summed E-state index contributed by atoms with van der Waals surface area (Å²) in [4.78, 5) is 49.1. The molecule has 0 aromatic heterocycles. The van der Waals surface area contributed by atoms with E-state index in [-0.39, 0.29) is 5.92 Å². The first kappa shape index (κ1) is 19.4. The Bertz CT molecular complexity index is 744. The number of aliphatic carboxylic acids is 1. The van der Waals surface area contributed by atoms with Crippen molar-refractivity contribution in [2.24, 2.45) is 5.92 Å². The van der Waals surface area contributed by atoms with Gasteiger partial charge in [-0.2, -0.15) is 0 Å². The van der Waals surface area contributed by atoms with Crippen molar-refractivity contribution < 1.29 is 24.3 Å². The molecule has 1 aliphatic rings. The zero-order valence-electron chi connectivity index (χ0n) is 15.2. The molecule has 0 radical (unpaired) electrons. The number of aryl methyl sites for hydroxylation is 1. The summed E-state index contributed by atoms with van der Waals surface area (Å²) in [5.41, 5.74) is 0.351. The Morgan fingerprint density at radius 2 is 1.81 bits per heavy atom. The van der Waals surface area contributed by atoms with Crippen LogP contribution < -0.4 is 10.6 Å². The third-order valence-corrected chi connectivity index (χ3v) is 4.45. The molecule has 0 bridgehead atoms. The molecule has 1 fully saturated rings. The predicted octanol–water partition coefficient (Wildman–Crippen LogP) is 0.987. The maximum atomic E-state index is 12.8. The number of nitrogens with zero attached hydrogens (tertiary/aromatic N) is 1. The SMILES string of the molecule is Cc1ccc(C2(C)NC(=O)N(CC(=O)N[C@@H](C(=O)O)C(C)C)C2=O)cc1. The largest absolute Gasteiger partial charge is 0.480 e. The van der Waals surface area contributed by atoms with Crippen molar-refractivity contribution in [1.82, 2.24) is 15.5 Å². The summed E-state index contributed by atoms with van der Waals surface area (Å²) < 4.78 is 0. The molecule has 0 aliphatic carbocycles. The van der Waals surface area contributed by atoms with Crippen LogP contribution in [0, 0.1) is 12.8 Å². The van der Waals surface area contributed by atoms with Gasteiger partial charge in [0.1, 0.15) is 18.1 Å². The molecule has 8 nitrogen and oxygen atoms in total. The van der Waals surface area contributed by atoms with E-state index in [1.807, 2.05) is 19.1 Å². The van der Waals surface area contributed by atoms with Crippen molar-refractivity contribution in [3.05, 3.63) is 35.4 Å². The molecule has 0 saturated carbocycles. The van der Waals surface area contributed by atoms with Crippen LogP contribution in [0.4, 0.5) is 4.79 Å². The zero-order chi connectivity index (χ0) is 19.6. The second-order valence-electron chi connectivity index (χ2n) is 6.94. The number of carbonyl (C=O) groups is 4. The third kappa shape index (κ3) is 3.68. The number of amides is 4. The first-order valence-electron chi connectivity index (χ1n) is 8.29. The van der Waals surface area contributed by atoms with Crippen LogP contribution in [-0.4, -0.2) is 46.4 Å². The molecular weight excluding hydrogens is 338 g/mol. The number of urea groups is 1. The molecule has 1 unspecified atom stereocenters. The number of carboxylic acid groups (broad SMARTS) is 1. The molecule has 1 aromatic carbocycles. The highest BCUT2D eigenvalue weighted by molar-refractivity contribution is 6.09. The van der Waals surface area contributed by atoms with Gasteiger partial charge in [0.2, 0.25) is 5.91 Å². The van der Waals surface area contributed by atoms with E-state index in [0.29, 0.717) is 5.56 Å². The predicted molar refractivity (Wildman–Crippen MR) is 93.2 cm³/mol. The van der Waals surface area contributed by atoms with Crippen LogP contribution in [0.5, 0.6) is 0 Å². The highest BCUT2D eigenvalue weighted by atomic mass is 16.4. The minimum atomic E-state index is -1.27. The monoisotopic (exact) mass is 361 g/mol. The molecule has 1 heterocycles. The Morgan fingerprint density at radius 1 is 1.23 bits per heavy atom. The topological polar surface area (TPSA) is 116 Å². The van der Waals surface area contributed by atoms with Gasteiger partial charge < -0.3 is 15.7 Å². The van der Waals surface area contributed by atoms with Crippen molar-refractivity contribution in [2.75, 3.05) is 6.54 Å². The summed E-state index contributed by atoms with van der Waals surface area (Å²) in [5.74, 6) is -2.77. The minimum absolute atomic E-state index is 0.336. The van der Waals surface area contributed by atoms with Crippen molar-refractivity contribution in [3.8, 4) is 0 Å². The molecule has 2 atom stereocenters. The van der Waals surface area contributed by atoms with E-state index in [0.717, 1.165) is 10.5 Å². The average Bonchev–Trinajstić information content (AvgIpc) is 2.77. The lowest BCUT2D eigenvalue weighted by atomic mass is 9.91. The first-order valence-corrected chi connectivity index (χ1v) is 8.29. The van der Waals surface area contributed by atoms with Crippen LogP contribution in [0.3, 0.4) is 0 Å². The maximum absolute atomic E-state index is 12.8. The molecule has 0 spiro atoms. The van der Waals surface area contributed by atoms with Crippen LogP contribution >= 0.6 is 0 Å². The first-order chi connectivity index (χ1) is 12.1. The van der Waals surface area contributed by atoms with Crippen LogP contribution in [0.25, 0.3) is 0 Å². The van der Waals surface area contributed by atoms with E-state index in [1.165, 1.54) is 0 Å². The van der Waals surface area contributed by atoms with E-state index >= 15 is 0 Å². The van der Waals surface area contributed by atoms with Gasteiger partial charge in [0.05, 0.1) is 0 Å². The van der Waals surface area contributed by atoms with Crippen molar-refractivity contribution in [1.29, 1.82) is 0 Å². The highest BCUT2D eigenvalue weighted by Crippen LogP contribution is 2.28. The number of carboxylic acids is 1. The Morgan fingerprint density at radius 3 is 2.31 bits per heavy atom. The Balaban J connectivity index is 2.15. The Labute approximate surface area is 151 Å². The molecule has 8 heteroatoms. The van der Waals surface area contributed by atoms with Crippen LogP contribution in [0.2, 0.25) is 0 Å². The van der Waals surface area contributed by atoms with Gasteiger partial charge in [0.25, 0.3) is 5.91 Å². The summed E-state index contributed by atoms with van der Waals surface area (Å²) in [6.07, 6.45) is 0. The normalized spacial score (nSPS) is 20.9. The fourth-order valence-electron chi connectivity index (χ4n) is 2.80. The fourth-order valence-corrected chi connectivity index (χ4v) is 2.80. The molecule has 1 aliphatic heterocycles. The summed E-state index contributed by atoms with van der Waals surface area (Å²) >= 11 is 0. The number of hydrogen-bond acceptors (Lipinski definition) is 4. The van der Waals surface area contributed by atoms with Gasteiger partial charge in [-0.05, 0) is 25.3 Å². The molecule has 26 heavy (non-hydrogen) atoms. The van der Waals surface area contributed by atoms with E-state index in [4.69, 9.17) is 5.11 Å². The van der Waals surface area contributed by atoms with E-state index in [9.17, 15) is 19.2 Å². The van der Waals surface area contributed by atoms with Crippen molar-refractivity contribution >= 4 is 23.8 Å². The number of nitrogens with one attached hydrogen (secondary N) is 2. The van der Waals surface area contributed by atoms with Crippen LogP contribution in [0.1, 0.15) is 31.9 Å². The number of benzene rings is 1. The van der Waals surface area contributed by atoms with Crippen molar-refractivity contribution in [2.45, 2.75) is 39.3 Å². The smallest absolute Gasteiger partial charge is 0.326 e. The average molecular weight is 361 g/mol. The summed E-state index contributed by atoms with van der Waals surface area (Å²) in [5, 5.41) is 14.1. The molecule has 1 aromatic rings. The van der Waals surface area contributed by atoms with Crippen molar-refractivity contribution in [3.63, 3.8) is 0 Å². The maximum Gasteiger partial charge on any atom is 0.326 e. The van der Waals surface area contributed by atoms with E-state index in [2.05, 4.69) is 10.6 Å². The molecular formula is C18H23N3O5. The summed E-state index contributed by atoms with van der Waals surface area (Å²) in [6, 6.07) is 5.37. The van der Waals surface area contributed by atoms with Gasteiger partial charge in [-0.1, -0.05) is 43.7 Å².